The highest BCUT2D eigenvalue weighted by Gasteiger charge is 2.01. The SMILES string of the molecule is CCCCCCCCCCCCOCCOCCOCCOCCOCCOCCOCCOCCOCCOCCOCCOCCOCCOCCOCCOCCC(=O)OC. The highest BCUT2D eigenvalue weighted by Crippen LogP contribution is 2.10. The van der Waals surface area contributed by atoms with E-state index in [0.29, 0.717) is 205 Å². The fourth-order valence-corrected chi connectivity index (χ4v) is 5.35. The molecule has 0 aliphatic carbocycles. The molecule has 0 aliphatic heterocycles. The molecule has 0 bridgehead atoms. The molecule has 0 atom stereocenters. The van der Waals surface area contributed by atoms with Crippen molar-refractivity contribution in [1.82, 2.24) is 0 Å². The average Bonchev–Trinajstić information content (AvgIpc) is 3.31. The molecule has 0 spiro atoms. The number of carbonyl (C=O) groups is 1. The molecule has 0 rings (SSSR count). The van der Waals surface area contributed by atoms with Crippen molar-refractivity contribution in [3.05, 3.63) is 0 Å². The Balaban J connectivity index is 3.07. The molecule has 0 heterocycles. The van der Waals surface area contributed by atoms with Crippen molar-refractivity contribution in [3.63, 3.8) is 0 Å². The van der Waals surface area contributed by atoms with Gasteiger partial charge in [0, 0.05) is 6.61 Å². The zero-order valence-corrected chi connectivity index (χ0v) is 40.3. The van der Waals surface area contributed by atoms with Gasteiger partial charge in [-0.25, -0.2) is 0 Å². The van der Waals surface area contributed by atoms with Crippen molar-refractivity contribution in [1.29, 1.82) is 0 Å². The van der Waals surface area contributed by atoms with Crippen molar-refractivity contribution in [2.75, 3.05) is 219 Å². The number of rotatable bonds is 59. The van der Waals surface area contributed by atoms with Crippen molar-refractivity contribution < 1.29 is 85.3 Å². The second-order valence-corrected chi connectivity index (χ2v) is 14.3. The maximum atomic E-state index is 11.0. The molecule has 0 aromatic carbocycles. The van der Waals surface area contributed by atoms with Gasteiger partial charge in [-0.2, -0.15) is 0 Å². The summed E-state index contributed by atoms with van der Waals surface area (Å²) < 4.78 is 92.4. The molecule has 18 heteroatoms. The minimum absolute atomic E-state index is 0.242. The Labute approximate surface area is 386 Å². The molecule has 0 aromatic heterocycles. The highest BCUT2D eigenvalue weighted by molar-refractivity contribution is 5.69. The van der Waals surface area contributed by atoms with Crippen LogP contribution in [0.15, 0.2) is 0 Å². The van der Waals surface area contributed by atoms with Crippen LogP contribution in [-0.2, 0) is 85.3 Å². The van der Waals surface area contributed by atoms with Crippen LogP contribution >= 0.6 is 0 Å². The van der Waals surface area contributed by atoms with Crippen LogP contribution in [0.25, 0.3) is 0 Å². The van der Waals surface area contributed by atoms with Crippen molar-refractivity contribution in [2.24, 2.45) is 0 Å². The van der Waals surface area contributed by atoms with Crippen LogP contribution in [0.2, 0.25) is 0 Å². The summed E-state index contributed by atoms with van der Waals surface area (Å²) in [5, 5.41) is 0. The van der Waals surface area contributed by atoms with Gasteiger partial charge in [-0.15, -0.1) is 0 Å². The van der Waals surface area contributed by atoms with E-state index in [-0.39, 0.29) is 12.4 Å². The van der Waals surface area contributed by atoms with E-state index in [1.807, 2.05) is 0 Å². The van der Waals surface area contributed by atoms with Gasteiger partial charge in [0.25, 0.3) is 0 Å². The smallest absolute Gasteiger partial charge is 0.307 e. The molecule has 384 valence electrons. The first-order chi connectivity index (χ1) is 31.8. The van der Waals surface area contributed by atoms with Gasteiger partial charge in [-0.05, 0) is 6.42 Å². The predicted molar refractivity (Wildman–Crippen MR) is 242 cm³/mol. The largest absolute Gasteiger partial charge is 0.469 e. The Kier molecular flexibility index (Phi) is 58.8. The van der Waals surface area contributed by atoms with Gasteiger partial charge in [0.2, 0.25) is 0 Å². The van der Waals surface area contributed by atoms with Crippen LogP contribution in [0.1, 0.15) is 77.6 Å². The number of methoxy groups -OCH3 is 1. The third-order valence-corrected chi connectivity index (χ3v) is 8.90. The summed E-state index contributed by atoms with van der Waals surface area (Å²) in [6.07, 6.45) is 13.6. The molecule has 18 nitrogen and oxygen atoms in total. The quantitative estimate of drug-likeness (QED) is 0.0604. The molecule has 0 fully saturated rings. The van der Waals surface area contributed by atoms with Gasteiger partial charge in [0.1, 0.15) is 0 Å². The summed E-state index contributed by atoms with van der Waals surface area (Å²) in [6.45, 7) is 18.6. The zero-order chi connectivity index (χ0) is 46.0. The summed E-state index contributed by atoms with van der Waals surface area (Å²) in [5.41, 5.74) is 0. The first-order valence-corrected chi connectivity index (χ1v) is 24.1. The van der Waals surface area contributed by atoms with E-state index < -0.39 is 0 Å². The number of unbranched alkanes of at least 4 members (excludes halogenated alkanes) is 9. The lowest BCUT2D eigenvalue weighted by atomic mass is 10.1. The van der Waals surface area contributed by atoms with Crippen LogP contribution < -0.4 is 0 Å². The molecule has 0 unspecified atom stereocenters. The Morgan fingerprint density at radius 3 is 0.609 bits per heavy atom. The summed E-state index contributed by atoms with van der Waals surface area (Å²) in [4.78, 5) is 11.0. The Hall–Kier alpha value is -1.17. The number of esters is 1. The molecular formula is C46H92O18. The monoisotopic (exact) mass is 933 g/mol. The van der Waals surface area contributed by atoms with E-state index in [1.54, 1.807) is 0 Å². The predicted octanol–water partition coefficient (Wildman–Crippen LogP) is 4.74. The first-order valence-electron chi connectivity index (χ1n) is 24.1. The van der Waals surface area contributed by atoms with Crippen LogP contribution in [0.3, 0.4) is 0 Å². The Morgan fingerprint density at radius 1 is 0.234 bits per heavy atom. The molecule has 64 heavy (non-hydrogen) atoms. The molecule has 0 aromatic rings. The topological polar surface area (TPSA) is 174 Å². The summed E-state index contributed by atoms with van der Waals surface area (Å²) in [6, 6.07) is 0. The van der Waals surface area contributed by atoms with E-state index in [4.69, 9.17) is 75.8 Å². The molecule has 0 radical (unpaired) electrons. The van der Waals surface area contributed by atoms with E-state index in [1.165, 1.54) is 64.9 Å². The normalized spacial score (nSPS) is 11.6. The molecule has 0 saturated carbocycles. The Morgan fingerprint density at radius 2 is 0.406 bits per heavy atom. The van der Waals surface area contributed by atoms with Crippen LogP contribution in [0, 0.1) is 0 Å². The van der Waals surface area contributed by atoms with Gasteiger partial charge in [0.15, 0.2) is 0 Å². The van der Waals surface area contributed by atoms with E-state index in [0.717, 1.165) is 13.0 Å². The van der Waals surface area contributed by atoms with E-state index >= 15 is 0 Å². The number of ether oxygens (including phenoxy) is 17. The second kappa shape index (κ2) is 59.8. The second-order valence-electron chi connectivity index (χ2n) is 14.3. The van der Waals surface area contributed by atoms with Crippen molar-refractivity contribution >= 4 is 5.97 Å². The molecular weight excluding hydrogens is 840 g/mol. The summed E-state index contributed by atoms with van der Waals surface area (Å²) >= 11 is 0. The van der Waals surface area contributed by atoms with Crippen molar-refractivity contribution in [2.45, 2.75) is 77.6 Å². The summed E-state index contributed by atoms with van der Waals surface area (Å²) in [7, 11) is 1.35. The third-order valence-electron chi connectivity index (χ3n) is 8.90. The highest BCUT2D eigenvalue weighted by atomic mass is 16.6. The standard InChI is InChI=1S/C46H92O18/c1-3-4-5-6-7-8-9-10-11-12-14-49-16-18-51-20-22-53-24-26-55-28-30-57-32-34-59-36-38-61-40-42-63-44-45-64-43-41-62-39-37-60-35-33-58-31-29-56-27-25-54-23-21-52-19-17-50-15-13-46(47)48-2/h3-45H2,1-2H3. The zero-order valence-electron chi connectivity index (χ0n) is 40.3. The minimum Gasteiger partial charge on any atom is -0.469 e. The first kappa shape index (κ1) is 62.8. The maximum absolute atomic E-state index is 11.0. The minimum atomic E-state index is -0.288. The lowest BCUT2D eigenvalue weighted by molar-refractivity contribution is -0.141. The average molecular weight is 933 g/mol. The van der Waals surface area contributed by atoms with Gasteiger partial charge < -0.3 is 80.5 Å². The summed E-state index contributed by atoms with van der Waals surface area (Å²) in [5.74, 6) is -0.288. The number of hydrogen-bond donors (Lipinski definition) is 0. The van der Waals surface area contributed by atoms with Crippen LogP contribution in [0.4, 0.5) is 0 Å². The third kappa shape index (κ3) is 58.8. The molecule has 0 saturated heterocycles. The lowest BCUT2D eigenvalue weighted by Crippen LogP contribution is -2.16. The van der Waals surface area contributed by atoms with Gasteiger partial charge in [-0.3, -0.25) is 4.79 Å². The molecule has 0 aliphatic rings. The lowest BCUT2D eigenvalue weighted by Gasteiger charge is -2.09. The Bertz CT molecular complexity index is 849. The van der Waals surface area contributed by atoms with E-state index in [2.05, 4.69) is 11.7 Å². The fourth-order valence-electron chi connectivity index (χ4n) is 5.35. The molecule has 0 N–H and O–H groups in total. The van der Waals surface area contributed by atoms with Gasteiger partial charge in [-0.1, -0.05) is 64.7 Å². The maximum Gasteiger partial charge on any atom is 0.307 e. The van der Waals surface area contributed by atoms with E-state index in [9.17, 15) is 4.79 Å². The van der Waals surface area contributed by atoms with Crippen LogP contribution in [0.5, 0.6) is 0 Å². The van der Waals surface area contributed by atoms with Gasteiger partial charge in [0.05, 0.1) is 218 Å². The van der Waals surface area contributed by atoms with Gasteiger partial charge >= 0.3 is 5.97 Å². The fraction of sp³-hybridized carbons (Fsp3) is 0.978. The number of hydrogen-bond acceptors (Lipinski definition) is 18. The number of carbonyl (C=O) groups excluding carboxylic acids is 1. The van der Waals surface area contributed by atoms with Crippen LogP contribution in [-0.4, -0.2) is 224 Å². The van der Waals surface area contributed by atoms with Crippen molar-refractivity contribution in [3.8, 4) is 0 Å². The molecule has 0 amide bonds.